The van der Waals surface area contributed by atoms with Gasteiger partial charge in [0.05, 0.1) is 10.7 Å². The standard InChI is InChI=1S/C13H19ClFN3O2S/c14-10-8-11(15)12(16)9-13(10)21(19,20)17-4-7-18-5-2-1-3-6-18/h8-9,17H,1-7,16H2. The number of anilines is 1. The van der Waals surface area contributed by atoms with Gasteiger partial charge >= 0.3 is 0 Å². The fourth-order valence-corrected chi connectivity index (χ4v) is 3.92. The Hall–Kier alpha value is -0.890. The first kappa shape index (κ1) is 16.5. The maximum atomic E-state index is 13.2. The molecule has 5 nitrogen and oxygen atoms in total. The van der Waals surface area contributed by atoms with E-state index in [1.807, 2.05) is 0 Å². The summed E-state index contributed by atoms with van der Waals surface area (Å²) >= 11 is 5.79. The first-order valence-electron chi connectivity index (χ1n) is 6.87. The van der Waals surface area contributed by atoms with Gasteiger partial charge in [-0.15, -0.1) is 0 Å². The van der Waals surface area contributed by atoms with Gasteiger partial charge in [-0.3, -0.25) is 0 Å². The summed E-state index contributed by atoms with van der Waals surface area (Å²) in [6, 6.07) is 1.96. The second-order valence-electron chi connectivity index (χ2n) is 5.10. The number of rotatable bonds is 5. The van der Waals surface area contributed by atoms with E-state index in [4.69, 9.17) is 17.3 Å². The summed E-state index contributed by atoms with van der Waals surface area (Å²) in [4.78, 5) is 2.02. The Morgan fingerprint density at radius 3 is 2.62 bits per heavy atom. The van der Waals surface area contributed by atoms with Crippen LogP contribution in [0.1, 0.15) is 19.3 Å². The molecule has 1 fully saturated rings. The number of benzene rings is 1. The number of hydrogen-bond donors (Lipinski definition) is 2. The second-order valence-corrected chi connectivity index (χ2v) is 7.25. The second kappa shape index (κ2) is 6.91. The van der Waals surface area contributed by atoms with Crippen LogP contribution in [0.15, 0.2) is 17.0 Å². The van der Waals surface area contributed by atoms with Crippen molar-refractivity contribution in [1.29, 1.82) is 0 Å². The molecule has 0 radical (unpaired) electrons. The SMILES string of the molecule is Nc1cc(S(=O)(=O)NCCN2CCCCC2)c(Cl)cc1F. The highest BCUT2D eigenvalue weighted by Gasteiger charge is 2.20. The molecule has 0 atom stereocenters. The molecule has 3 N–H and O–H groups in total. The minimum Gasteiger partial charge on any atom is -0.396 e. The summed E-state index contributed by atoms with van der Waals surface area (Å²) in [5.74, 6) is -0.729. The lowest BCUT2D eigenvalue weighted by atomic mass is 10.1. The molecule has 2 rings (SSSR count). The van der Waals surface area contributed by atoms with E-state index in [-0.39, 0.29) is 22.2 Å². The average Bonchev–Trinajstić information content (AvgIpc) is 2.43. The van der Waals surface area contributed by atoms with Crippen LogP contribution in [0.4, 0.5) is 10.1 Å². The van der Waals surface area contributed by atoms with E-state index in [2.05, 4.69) is 9.62 Å². The van der Waals surface area contributed by atoms with Gasteiger partial charge in [-0.05, 0) is 38.1 Å². The molecule has 8 heteroatoms. The minimum absolute atomic E-state index is 0.174. The number of likely N-dealkylation sites (tertiary alicyclic amines) is 1. The van der Waals surface area contributed by atoms with E-state index in [0.717, 1.165) is 38.1 Å². The van der Waals surface area contributed by atoms with Gasteiger partial charge in [0, 0.05) is 13.1 Å². The van der Waals surface area contributed by atoms with Crippen LogP contribution in [-0.2, 0) is 10.0 Å². The summed E-state index contributed by atoms with van der Waals surface area (Å²) < 4.78 is 40.0. The number of nitrogen functional groups attached to an aromatic ring is 1. The van der Waals surface area contributed by atoms with Crippen molar-refractivity contribution in [3.05, 3.63) is 23.0 Å². The maximum absolute atomic E-state index is 13.2. The van der Waals surface area contributed by atoms with Gasteiger partial charge in [-0.2, -0.15) is 0 Å². The Bertz CT molecular complexity index is 604. The molecule has 118 valence electrons. The smallest absolute Gasteiger partial charge is 0.242 e. The first-order valence-corrected chi connectivity index (χ1v) is 8.73. The minimum atomic E-state index is -3.79. The molecule has 0 bridgehead atoms. The Morgan fingerprint density at radius 2 is 1.95 bits per heavy atom. The predicted octanol–water partition coefficient (Wildman–Crippen LogP) is 1.83. The molecule has 1 aromatic rings. The normalized spacial score (nSPS) is 17.0. The number of hydrogen-bond acceptors (Lipinski definition) is 4. The number of piperidine rings is 1. The van der Waals surface area contributed by atoms with Crippen molar-refractivity contribution in [1.82, 2.24) is 9.62 Å². The largest absolute Gasteiger partial charge is 0.396 e. The van der Waals surface area contributed by atoms with Gasteiger partial charge in [0.15, 0.2) is 0 Å². The molecule has 0 spiro atoms. The highest BCUT2D eigenvalue weighted by Crippen LogP contribution is 2.26. The van der Waals surface area contributed by atoms with Gasteiger partial charge in [0.2, 0.25) is 10.0 Å². The van der Waals surface area contributed by atoms with Crippen LogP contribution in [0, 0.1) is 5.82 Å². The highest BCUT2D eigenvalue weighted by atomic mass is 35.5. The van der Waals surface area contributed by atoms with Crippen LogP contribution >= 0.6 is 11.6 Å². The fraction of sp³-hybridized carbons (Fsp3) is 0.538. The van der Waals surface area contributed by atoms with Crippen molar-refractivity contribution in [3.8, 4) is 0 Å². The molecule has 0 amide bonds. The van der Waals surface area contributed by atoms with Crippen molar-refractivity contribution in [2.45, 2.75) is 24.2 Å². The molecular weight excluding hydrogens is 317 g/mol. The Morgan fingerprint density at radius 1 is 1.29 bits per heavy atom. The zero-order valence-corrected chi connectivity index (χ0v) is 13.2. The predicted molar refractivity (Wildman–Crippen MR) is 81.3 cm³/mol. The van der Waals surface area contributed by atoms with E-state index in [1.54, 1.807) is 0 Å². The number of nitrogens with one attached hydrogen (secondary N) is 1. The van der Waals surface area contributed by atoms with Gasteiger partial charge in [-0.1, -0.05) is 18.0 Å². The number of nitrogens with two attached hydrogens (primary N) is 1. The maximum Gasteiger partial charge on any atom is 0.242 e. The van der Waals surface area contributed by atoms with Crippen LogP contribution in [0.5, 0.6) is 0 Å². The summed E-state index contributed by atoms with van der Waals surface area (Å²) in [6.07, 6.45) is 3.52. The molecule has 0 aliphatic carbocycles. The summed E-state index contributed by atoms with van der Waals surface area (Å²) in [5.41, 5.74) is 5.16. The van der Waals surface area contributed by atoms with Crippen LogP contribution in [0.3, 0.4) is 0 Å². The zero-order chi connectivity index (χ0) is 15.5. The third kappa shape index (κ3) is 4.29. The number of nitrogens with zero attached hydrogens (tertiary/aromatic N) is 1. The van der Waals surface area contributed by atoms with Gasteiger partial charge in [-0.25, -0.2) is 17.5 Å². The zero-order valence-electron chi connectivity index (χ0n) is 11.6. The molecule has 1 aliphatic heterocycles. The summed E-state index contributed by atoms with van der Waals surface area (Å²) in [7, 11) is -3.79. The van der Waals surface area contributed by atoms with Crippen molar-refractivity contribution < 1.29 is 12.8 Å². The van der Waals surface area contributed by atoms with E-state index in [1.165, 1.54) is 6.42 Å². The molecule has 1 heterocycles. The molecule has 1 saturated heterocycles. The van der Waals surface area contributed by atoms with E-state index in [0.29, 0.717) is 6.54 Å². The Labute approximate surface area is 129 Å². The molecule has 1 aliphatic rings. The van der Waals surface area contributed by atoms with Crippen LogP contribution in [0.25, 0.3) is 0 Å². The topological polar surface area (TPSA) is 75.4 Å². The van der Waals surface area contributed by atoms with E-state index >= 15 is 0 Å². The Balaban J connectivity index is 1.99. The molecule has 0 saturated carbocycles. The van der Waals surface area contributed by atoms with Crippen molar-refractivity contribution in [2.75, 3.05) is 31.9 Å². The van der Waals surface area contributed by atoms with Crippen molar-refractivity contribution >= 4 is 27.3 Å². The van der Waals surface area contributed by atoms with E-state index in [9.17, 15) is 12.8 Å². The van der Waals surface area contributed by atoms with Crippen LogP contribution in [0.2, 0.25) is 5.02 Å². The van der Waals surface area contributed by atoms with Gasteiger partial charge < -0.3 is 10.6 Å². The third-order valence-corrected chi connectivity index (χ3v) is 5.44. The number of halogens is 2. The fourth-order valence-electron chi connectivity index (χ4n) is 2.35. The highest BCUT2D eigenvalue weighted by molar-refractivity contribution is 7.89. The molecule has 0 aromatic heterocycles. The van der Waals surface area contributed by atoms with Gasteiger partial charge in [0.25, 0.3) is 0 Å². The lowest BCUT2D eigenvalue weighted by molar-refractivity contribution is 0.233. The summed E-state index contributed by atoms with van der Waals surface area (Å²) in [5, 5.41) is -0.174. The molecule has 0 unspecified atom stereocenters. The summed E-state index contributed by atoms with van der Waals surface area (Å²) in [6.45, 7) is 2.92. The average molecular weight is 336 g/mol. The van der Waals surface area contributed by atoms with Crippen LogP contribution < -0.4 is 10.5 Å². The van der Waals surface area contributed by atoms with Crippen molar-refractivity contribution in [2.24, 2.45) is 0 Å². The quantitative estimate of drug-likeness (QED) is 0.805. The molecule has 21 heavy (non-hydrogen) atoms. The van der Waals surface area contributed by atoms with E-state index < -0.39 is 15.8 Å². The number of sulfonamides is 1. The third-order valence-electron chi connectivity index (χ3n) is 3.51. The van der Waals surface area contributed by atoms with Gasteiger partial charge in [0.1, 0.15) is 10.7 Å². The monoisotopic (exact) mass is 335 g/mol. The van der Waals surface area contributed by atoms with Crippen LogP contribution in [-0.4, -0.2) is 39.5 Å². The van der Waals surface area contributed by atoms with Crippen molar-refractivity contribution in [3.63, 3.8) is 0 Å². The lowest BCUT2D eigenvalue weighted by Crippen LogP contribution is -2.37. The first-order chi connectivity index (χ1) is 9.90. The lowest BCUT2D eigenvalue weighted by Gasteiger charge is -2.26. The Kier molecular flexibility index (Phi) is 5.43. The molecular formula is C13H19ClFN3O2S. The molecule has 1 aromatic carbocycles.